The molecule has 5 rings (SSSR count). The summed E-state index contributed by atoms with van der Waals surface area (Å²) in [6.45, 7) is 0.449. The van der Waals surface area contributed by atoms with Gasteiger partial charge in [-0.25, -0.2) is 23.7 Å². The summed E-state index contributed by atoms with van der Waals surface area (Å²) in [5.41, 5.74) is -6.70. The lowest BCUT2D eigenvalue weighted by Crippen LogP contribution is -2.69. The van der Waals surface area contributed by atoms with Crippen LogP contribution in [0.25, 0.3) is 6.08 Å². The molecule has 1 aromatic carbocycles. The number of aliphatic hydroxyl groups is 3. The summed E-state index contributed by atoms with van der Waals surface area (Å²) in [7, 11) is 1.27. The van der Waals surface area contributed by atoms with E-state index in [1.54, 1.807) is 6.92 Å². The van der Waals surface area contributed by atoms with Crippen LogP contribution < -0.4 is 14.8 Å². The lowest BCUT2D eigenvalue weighted by atomic mass is 9.44. The molecule has 9 atom stereocenters. The van der Waals surface area contributed by atoms with E-state index in [1.165, 1.54) is 56.5 Å². The van der Waals surface area contributed by atoms with Crippen LogP contribution in [0.2, 0.25) is 0 Å². The number of nitrogens with one attached hydrogen (secondary N) is 1. The predicted molar refractivity (Wildman–Crippen MR) is 194 cm³/mol. The number of aliphatic hydroxyl groups excluding tert-OH is 2. The van der Waals surface area contributed by atoms with Crippen LogP contribution in [0.1, 0.15) is 51.5 Å². The van der Waals surface area contributed by atoms with Crippen molar-refractivity contribution in [3.05, 3.63) is 53.6 Å². The molecule has 0 aromatic heterocycles. The average Bonchev–Trinajstić information content (AvgIpc) is 3.39. The molecule has 60 heavy (non-hydrogen) atoms. The number of esters is 2. The second-order valence-corrected chi connectivity index (χ2v) is 15.3. The van der Waals surface area contributed by atoms with Gasteiger partial charge in [-0.2, -0.15) is 0 Å². The topological polar surface area (TPSA) is 301 Å². The van der Waals surface area contributed by atoms with Gasteiger partial charge in [-0.3, -0.25) is 35.2 Å². The zero-order chi connectivity index (χ0) is 44.2. The molecule has 330 valence electrons. The first-order valence-electron chi connectivity index (χ1n) is 18.7. The van der Waals surface area contributed by atoms with Crippen LogP contribution in [-0.4, -0.2) is 140 Å². The first kappa shape index (κ1) is 46.3. The number of allylic oxidation sites excluding steroid dienone is 4. The molecule has 0 saturated heterocycles. The van der Waals surface area contributed by atoms with Gasteiger partial charge < -0.3 is 39.6 Å². The van der Waals surface area contributed by atoms with Gasteiger partial charge in [-0.1, -0.05) is 24.6 Å². The summed E-state index contributed by atoms with van der Waals surface area (Å²) in [5, 5.41) is 70.2. The summed E-state index contributed by atoms with van der Waals surface area (Å²) in [6.07, 6.45) is 0.609. The number of fused-ring (bicyclic) bond motifs is 5. The summed E-state index contributed by atoms with van der Waals surface area (Å²) in [5.74, 6) is -5.02. The van der Waals surface area contributed by atoms with Crippen molar-refractivity contribution in [2.24, 2.45) is 22.7 Å². The van der Waals surface area contributed by atoms with Crippen LogP contribution >= 0.6 is 0 Å². The Bertz CT molecular complexity index is 1910. The van der Waals surface area contributed by atoms with Gasteiger partial charge >= 0.3 is 18.0 Å². The number of hydrogen-bond donors (Lipinski definition) is 8. The molecule has 0 heterocycles. The van der Waals surface area contributed by atoms with Crippen LogP contribution in [0.4, 0.5) is 9.18 Å². The van der Waals surface area contributed by atoms with E-state index in [4.69, 9.17) is 39.8 Å². The minimum Gasteiger partial charge on any atom is -0.493 e. The highest BCUT2D eigenvalue weighted by Crippen LogP contribution is 2.69. The lowest BCUT2D eigenvalue weighted by Gasteiger charge is -2.62. The second kappa shape index (κ2) is 18.5. The molecular weight excluding hydrogens is 805 g/mol. The van der Waals surface area contributed by atoms with Crippen molar-refractivity contribution in [2.45, 2.75) is 75.5 Å². The summed E-state index contributed by atoms with van der Waals surface area (Å²) >= 11 is 0. The van der Waals surface area contributed by atoms with Crippen molar-refractivity contribution >= 4 is 35.7 Å². The highest BCUT2D eigenvalue weighted by molar-refractivity contribution is 6.01. The number of rotatable bonds is 17. The Labute approximate surface area is 341 Å². The maximum Gasteiger partial charge on any atom is 0.413 e. The van der Waals surface area contributed by atoms with Crippen molar-refractivity contribution in [3.8, 4) is 11.5 Å². The molecule has 0 aliphatic heterocycles. The van der Waals surface area contributed by atoms with Gasteiger partial charge in [-0.05, 0) is 74.4 Å². The number of ketones is 2. The molecule has 0 radical (unpaired) electrons. The number of carbonyl (C=O) groups is 5. The molecule has 4 aliphatic carbocycles. The van der Waals surface area contributed by atoms with Gasteiger partial charge in [-0.15, -0.1) is 0 Å². The predicted octanol–water partition coefficient (Wildman–Crippen LogP) is 1.31. The highest BCUT2D eigenvalue weighted by atomic mass is 19.1. The van der Waals surface area contributed by atoms with E-state index < -0.39 is 113 Å². The van der Waals surface area contributed by atoms with Crippen molar-refractivity contribution in [3.63, 3.8) is 0 Å². The number of hydrogen-bond acceptors (Lipinski definition) is 20. The van der Waals surface area contributed by atoms with Crippen LogP contribution in [0.15, 0.2) is 48.1 Å². The van der Waals surface area contributed by atoms with Crippen LogP contribution in [0, 0.1) is 22.7 Å². The molecule has 22 heteroatoms. The maximum atomic E-state index is 17.3. The molecule has 4 aliphatic rings. The van der Waals surface area contributed by atoms with Crippen molar-refractivity contribution in [2.75, 3.05) is 33.5 Å². The molecule has 8 N–H and O–H groups in total. The maximum absolute atomic E-state index is 17.3. The number of methoxy groups -OCH3 is 1. The van der Waals surface area contributed by atoms with Crippen molar-refractivity contribution in [1.29, 1.82) is 0 Å². The van der Waals surface area contributed by atoms with Crippen LogP contribution in [0.5, 0.6) is 11.5 Å². The fourth-order valence-corrected chi connectivity index (χ4v) is 9.14. The van der Waals surface area contributed by atoms with Crippen molar-refractivity contribution in [1.82, 2.24) is 16.1 Å². The third-order valence-corrected chi connectivity index (χ3v) is 12.1. The fourth-order valence-electron chi connectivity index (χ4n) is 9.14. The van der Waals surface area contributed by atoms with E-state index in [1.807, 2.05) is 0 Å². The number of amides is 1. The van der Waals surface area contributed by atoms with E-state index in [9.17, 15) is 39.3 Å². The zero-order valence-corrected chi connectivity index (χ0v) is 32.8. The van der Waals surface area contributed by atoms with E-state index in [-0.39, 0.29) is 43.2 Å². The molecule has 0 spiro atoms. The van der Waals surface area contributed by atoms with E-state index in [0.717, 1.165) is 6.08 Å². The lowest BCUT2D eigenvalue weighted by molar-refractivity contribution is -0.527. The average molecular weight is 854 g/mol. The smallest absolute Gasteiger partial charge is 0.413 e. The Morgan fingerprint density at radius 3 is 2.45 bits per heavy atom. The molecule has 0 bridgehead atoms. The number of halogens is 1. The first-order valence-corrected chi connectivity index (χ1v) is 18.7. The number of alkyl halides is 1. The molecule has 1 unspecified atom stereocenters. The standard InChI is InChI=1S/C38H48FN3O18/c1-35-12-10-23(43)15-22(35)6-7-25-26-16-29(44)38(50,36(26,2)17-30(45)37(25,35)39)31(46)20-57-33(48)18-40-34(49)59-27-8-4-21(14-28(27)55-3)5-9-32(47)56-13-11-24(60-42(53)54)19-58-41(51)52/h4-5,8-10,12,14-15,24-26,29-30,44-45,50-54H,6-7,11,13,16-20H2,1-3H3,(H,40,49)/b9-5+/t24?,25-,26-,29+,30-,35-,36-,37-,38-/m0/s1. The Morgan fingerprint density at radius 2 is 1.77 bits per heavy atom. The molecule has 3 saturated carbocycles. The molecule has 21 nitrogen and oxygen atoms in total. The molecule has 3 fully saturated rings. The third-order valence-electron chi connectivity index (χ3n) is 12.1. The van der Waals surface area contributed by atoms with E-state index in [0.29, 0.717) is 17.6 Å². The summed E-state index contributed by atoms with van der Waals surface area (Å²) < 4.78 is 37.8. The minimum atomic E-state index is -2.52. The first-order chi connectivity index (χ1) is 28.2. The summed E-state index contributed by atoms with van der Waals surface area (Å²) in [4.78, 5) is 71.8. The highest BCUT2D eigenvalue weighted by Gasteiger charge is 2.76. The Hall–Kier alpha value is -4.72. The molecule has 1 amide bonds. The second-order valence-electron chi connectivity index (χ2n) is 15.3. The van der Waals surface area contributed by atoms with Gasteiger partial charge in [0.1, 0.15) is 19.3 Å². The third kappa shape index (κ3) is 9.13. The monoisotopic (exact) mass is 853 g/mol. The van der Waals surface area contributed by atoms with Gasteiger partial charge in [0, 0.05) is 29.2 Å². The number of ether oxygens (including phenoxy) is 4. The van der Waals surface area contributed by atoms with E-state index in [2.05, 4.69) is 15.0 Å². The Morgan fingerprint density at radius 1 is 1.03 bits per heavy atom. The van der Waals surface area contributed by atoms with Gasteiger partial charge in [0.25, 0.3) is 0 Å². The SMILES string of the molecule is COc1cc(/C=C/C(=O)OCCC(CON(O)O)ON(O)O)ccc1OC(=O)NCC(=O)OCC(=O)[C@@]1(O)[C@H](O)C[C@H]2[C@@H]3CCC4=CC(=O)C=C[C@]4(C)[C@@]3(F)[C@@H](O)C[C@@]21C. The van der Waals surface area contributed by atoms with Gasteiger partial charge in [0.15, 0.2) is 35.2 Å². The number of carbonyl (C=O) groups excluding carboxylic acids is 5. The normalized spacial score (nSPS) is 31.2. The van der Waals surface area contributed by atoms with E-state index >= 15 is 4.39 Å². The fraction of sp³-hybridized carbons (Fsp3) is 0.553. The van der Waals surface area contributed by atoms with Gasteiger partial charge in [0.05, 0.1) is 36.7 Å². The summed E-state index contributed by atoms with van der Waals surface area (Å²) in [6, 6.07) is 4.15. The quantitative estimate of drug-likeness (QED) is 0.0622. The Kier molecular flexibility index (Phi) is 14.3. The van der Waals surface area contributed by atoms with Crippen LogP contribution in [-0.2, 0) is 38.3 Å². The number of Topliss-reactive ketones (excluding diaryl/α,β-unsaturated/α-hetero) is 1. The number of nitrogens with zero attached hydrogens (tertiary/aromatic N) is 2. The minimum absolute atomic E-state index is 0.0331. The van der Waals surface area contributed by atoms with Crippen molar-refractivity contribution < 1.29 is 93.1 Å². The molecule has 1 aromatic rings. The largest absolute Gasteiger partial charge is 0.493 e. The number of benzene rings is 1. The molecular formula is C38H48FN3O18. The zero-order valence-electron chi connectivity index (χ0n) is 32.8. The van der Waals surface area contributed by atoms with Crippen LogP contribution in [0.3, 0.4) is 0 Å². The Balaban J connectivity index is 1.11. The van der Waals surface area contributed by atoms with Gasteiger partial charge in [0.2, 0.25) is 5.78 Å².